The molecule has 0 bridgehead atoms. The van der Waals surface area contributed by atoms with Crippen molar-refractivity contribution in [2.75, 3.05) is 13.1 Å². The lowest BCUT2D eigenvalue weighted by Crippen LogP contribution is -2.37. The molecule has 1 aromatic heterocycles. The van der Waals surface area contributed by atoms with Gasteiger partial charge in [0.2, 0.25) is 0 Å². The Balaban J connectivity index is 2.08. The Labute approximate surface area is 123 Å². The number of carbonyl (C=O) groups excluding carboxylic acids is 1. The van der Waals surface area contributed by atoms with Crippen molar-refractivity contribution in [3.8, 4) is 0 Å². The molecule has 0 aliphatic rings. The number of unbranched alkanes of at least 4 members (excludes halogenated alkanes) is 1. The Bertz CT molecular complexity index is 458. The van der Waals surface area contributed by atoms with Crippen molar-refractivity contribution in [2.45, 2.75) is 39.7 Å². The maximum atomic E-state index is 11.5. The van der Waals surface area contributed by atoms with E-state index in [4.69, 9.17) is 5.11 Å². The number of hydrogen-bond acceptors (Lipinski definition) is 4. The molecule has 0 aromatic carbocycles. The van der Waals surface area contributed by atoms with Gasteiger partial charge in [0.25, 0.3) is 0 Å². The summed E-state index contributed by atoms with van der Waals surface area (Å²) in [5.74, 6) is -0.425. The quantitative estimate of drug-likeness (QED) is 0.591. The lowest BCUT2D eigenvalue weighted by Gasteiger charge is -2.08. The summed E-state index contributed by atoms with van der Waals surface area (Å²) in [6.45, 7) is 5.76. The van der Waals surface area contributed by atoms with E-state index in [1.807, 2.05) is 0 Å². The summed E-state index contributed by atoms with van der Waals surface area (Å²) in [5.41, 5.74) is -0.107. The molecular weight excluding hydrogens is 274 g/mol. The third kappa shape index (κ3) is 7.28. The largest absolute Gasteiger partial charge is 0.476 e. The minimum absolute atomic E-state index is 0.107. The smallest absolute Gasteiger partial charge is 0.358 e. The second kappa shape index (κ2) is 8.93. The molecule has 1 rings (SSSR count). The Morgan fingerprint density at radius 1 is 1.29 bits per heavy atom. The number of amides is 2. The summed E-state index contributed by atoms with van der Waals surface area (Å²) < 4.78 is 1.38. The number of nitrogens with one attached hydrogen (secondary N) is 2. The Morgan fingerprint density at radius 2 is 2.00 bits per heavy atom. The van der Waals surface area contributed by atoms with Gasteiger partial charge in [0.15, 0.2) is 5.69 Å². The number of carbonyl (C=O) groups is 2. The van der Waals surface area contributed by atoms with Gasteiger partial charge in [0.1, 0.15) is 0 Å². The second-order valence-electron chi connectivity index (χ2n) is 5.24. The van der Waals surface area contributed by atoms with E-state index >= 15 is 0 Å². The average Bonchev–Trinajstić information content (AvgIpc) is 2.87. The molecule has 0 saturated carbocycles. The zero-order chi connectivity index (χ0) is 15.7. The fourth-order valence-electron chi connectivity index (χ4n) is 1.73. The summed E-state index contributed by atoms with van der Waals surface area (Å²) in [6, 6.07) is -0.224. The average molecular weight is 297 g/mol. The predicted octanol–water partition coefficient (Wildman–Crippen LogP) is 1.10. The van der Waals surface area contributed by atoms with Crippen molar-refractivity contribution in [3.05, 3.63) is 11.9 Å². The van der Waals surface area contributed by atoms with Crippen LogP contribution in [-0.4, -0.2) is 45.2 Å². The third-order valence-corrected chi connectivity index (χ3v) is 2.88. The first-order valence-electron chi connectivity index (χ1n) is 7.14. The molecule has 0 aliphatic carbocycles. The Morgan fingerprint density at radius 3 is 2.62 bits per heavy atom. The van der Waals surface area contributed by atoms with E-state index in [9.17, 15) is 9.59 Å². The van der Waals surface area contributed by atoms with Gasteiger partial charge in [-0.15, -0.1) is 5.10 Å². The third-order valence-electron chi connectivity index (χ3n) is 2.88. The highest BCUT2D eigenvalue weighted by molar-refractivity contribution is 5.84. The first-order valence-corrected chi connectivity index (χ1v) is 7.14. The lowest BCUT2D eigenvalue weighted by atomic mass is 10.1. The van der Waals surface area contributed by atoms with Gasteiger partial charge < -0.3 is 15.7 Å². The van der Waals surface area contributed by atoms with Crippen LogP contribution >= 0.6 is 0 Å². The number of carboxylic acid groups (broad SMARTS) is 1. The van der Waals surface area contributed by atoms with Crippen molar-refractivity contribution in [2.24, 2.45) is 5.92 Å². The van der Waals surface area contributed by atoms with Gasteiger partial charge in [-0.1, -0.05) is 31.9 Å². The van der Waals surface area contributed by atoms with Gasteiger partial charge in [-0.05, 0) is 12.3 Å². The molecule has 0 saturated heterocycles. The van der Waals surface area contributed by atoms with Gasteiger partial charge in [-0.3, -0.25) is 0 Å². The Kier molecular flexibility index (Phi) is 7.20. The molecule has 0 fully saturated rings. The van der Waals surface area contributed by atoms with Crippen molar-refractivity contribution in [1.82, 2.24) is 25.6 Å². The van der Waals surface area contributed by atoms with E-state index in [0.29, 0.717) is 25.6 Å². The second-order valence-corrected chi connectivity index (χ2v) is 5.24. The number of urea groups is 1. The first-order chi connectivity index (χ1) is 9.99. The molecule has 0 radical (unpaired) electrons. The highest BCUT2D eigenvalue weighted by Crippen LogP contribution is 2.04. The molecule has 0 aliphatic heterocycles. The van der Waals surface area contributed by atoms with Crippen molar-refractivity contribution in [3.63, 3.8) is 0 Å². The maximum absolute atomic E-state index is 11.5. The van der Waals surface area contributed by atoms with E-state index in [1.165, 1.54) is 17.3 Å². The Hall–Kier alpha value is -2.12. The van der Waals surface area contributed by atoms with E-state index in [2.05, 4.69) is 34.8 Å². The molecule has 3 N–H and O–H groups in total. The van der Waals surface area contributed by atoms with Crippen LogP contribution in [0.4, 0.5) is 4.79 Å². The maximum Gasteiger partial charge on any atom is 0.358 e. The van der Waals surface area contributed by atoms with E-state index < -0.39 is 5.97 Å². The van der Waals surface area contributed by atoms with Crippen LogP contribution in [0.5, 0.6) is 0 Å². The highest BCUT2D eigenvalue weighted by Gasteiger charge is 2.08. The van der Waals surface area contributed by atoms with E-state index in [0.717, 1.165) is 12.8 Å². The number of aromatic nitrogens is 3. The van der Waals surface area contributed by atoms with Crippen LogP contribution in [0.1, 0.15) is 43.6 Å². The summed E-state index contributed by atoms with van der Waals surface area (Å²) in [6.07, 6.45) is 4.57. The minimum atomic E-state index is -1.12. The number of aromatic carboxylic acids is 1. The van der Waals surface area contributed by atoms with Gasteiger partial charge in [-0.2, -0.15) is 0 Å². The van der Waals surface area contributed by atoms with Crippen LogP contribution in [-0.2, 0) is 6.54 Å². The zero-order valence-electron chi connectivity index (χ0n) is 12.5. The summed E-state index contributed by atoms with van der Waals surface area (Å²) in [7, 11) is 0. The topological polar surface area (TPSA) is 109 Å². The number of hydrogen-bond donors (Lipinski definition) is 3. The molecule has 118 valence electrons. The van der Waals surface area contributed by atoms with Gasteiger partial charge in [-0.25, -0.2) is 14.3 Å². The molecule has 1 heterocycles. The molecule has 8 nitrogen and oxygen atoms in total. The van der Waals surface area contributed by atoms with Crippen LogP contribution in [0.15, 0.2) is 6.20 Å². The van der Waals surface area contributed by atoms with Crippen LogP contribution in [0.25, 0.3) is 0 Å². The molecule has 1 aromatic rings. The lowest BCUT2D eigenvalue weighted by molar-refractivity contribution is 0.0690. The summed E-state index contributed by atoms with van der Waals surface area (Å²) in [4.78, 5) is 22.1. The van der Waals surface area contributed by atoms with Crippen molar-refractivity contribution >= 4 is 12.0 Å². The highest BCUT2D eigenvalue weighted by atomic mass is 16.4. The number of carboxylic acids is 1. The van der Waals surface area contributed by atoms with E-state index in [-0.39, 0.29) is 11.7 Å². The number of nitrogens with zero attached hydrogens (tertiary/aromatic N) is 3. The fourth-order valence-corrected chi connectivity index (χ4v) is 1.73. The first kappa shape index (κ1) is 16.9. The minimum Gasteiger partial charge on any atom is -0.476 e. The van der Waals surface area contributed by atoms with E-state index in [1.54, 1.807) is 0 Å². The molecule has 8 heteroatoms. The zero-order valence-corrected chi connectivity index (χ0v) is 12.5. The van der Waals surface area contributed by atoms with Crippen molar-refractivity contribution < 1.29 is 14.7 Å². The van der Waals surface area contributed by atoms with Gasteiger partial charge >= 0.3 is 12.0 Å². The SMILES string of the molecule is CC(C)CCCCNC(=O)NCCn1cc(C(=O)O)nn1. The van der Waals surface area contributed by atoms with Crippen LogP contribution in [0.2, 0.25) is 0 Å². The predicted molar refractivity (Wildman–Crippen MR) is 77.1 cm³/mol. The standard InChI is InChI=1S/C13H23N5O3/c1-10(2)5-3-4-6-14-13(21)15-7-8-18-9-11(12(19)20)16-17-18/h9-10H,3-8H2,1-2H3,(H,19,20)(H2,14,15,21). The van der Waals surface area contributed by atoms with Gasteiger partial charge in [0.05, 0.1) is 12.7 Å². The fraction of sp³-hybridized carbons (Fsp3) is 0.692. The van der Waals surface area contributed by atoms with Crippen LogP contribution < -0.4 is 10.6 Å². The van der Waals surface area contributed by atoms with Gasteiger partial charge in [0, 0.05) is 13.1 Å². The molecular formula is C13H23N5O3. The normalized spacial score (nSPS) is 10.6. The van der Waals surface area contributed by atoms with Crippen LogP contribution in [0.3, 0.4) is 0 Å². The molecule has 2 amide bonds. The van der Waals surface area contributed by atoms with Crippen molar-refractivity contribution in [1.29, 1.82) is 0 Å². The molecule has 21 heavy (non-hydrogen) atoms. The summed E-state index contributed by atoms with van der Waals surface area (Å²) >= 11 is 0. The molecule has 0 spiro atoms. The molecule has 0 unspecified atom stereocenters. The summed E-state index contributed by atoms with van der Waals surface area (Å²) in [5, 5.41) is 21.3. The van der Waals surface area contributed by atoms with Crippen LogP contribution in [0, 0.1) is 5.92 Å². The monoisotopic (exact) mass is 297 g/mol. The number of rotatable bonds is 9. The molecule has 0 atom stereocenters.